The molecule has 1 nitrogen and oxygen atoms in total. The molecule has 44 valence electrons. The minimum Gasteiger partial charge on any atom is -0.393 e. The van der Waals surface area contributed by atoms with Crippen LogP contribution >= 0.6 is 0 Å². The first kappa shape index (κ1) is 5.83. The first-order valence-corrected chi connectivity index (χ1v) is 2.91. The van der Waals surface area contributed by atoms with Crippen LogP contribution in [0, 0.1) is 6.92 Å². The predicted molar refractivity (Wildman–Crippen MR) is 32.2 cm³/mol. The fourth-order valence-corrected chi connectivity index (χ4v) is 0.841. The van der Waals surface area contributed by atoms with Crippen molar-refractivity contribution in [1.82, 2.24) is 0 Å². The minimum atomic E-state index is -0.137. The van der Waals surface area contributed by atoms with Crippen molar-refractivity contribution in [1.29, 1.82) is 0 Å². The first-order valence-electron chi connectivity index (χ1n) is 2.91. The number of aliphatic hydroxyl groups excluding tert-OH is 1. The molecule has 8 heavy (non-hydrogen) atoms. The van der Waals surface area contributed by atoms with Crippen LogP contribution in [0.3, 0.4) is 0 Å². The SMILES string of the molecule is [CH]C1=CCC(O)CC1. The molecule has 0 aromatic heterocycles. The van der Waals surface area contributed by atoms with Gasteiger partial charge < -0.3 is 5.11 Å². The molecular weight excluding hydrogens is 100 g/mol. The van der Waals surface area contributed by atoms with Gasteiger partial charge in [-0.05, 0) is 26.2 Å². The molecule has 1 rings (SSSR count). The molecule has 1 unspecified atom stereocenters. The van der Waals surface area contributed by atoms with Crippen molar-refractivity contribution in [3.05, 3.63) is 18.6 Å². The summed E-state index contributed by atoms with van der Waals surface area (Å²) in [6.45, 7) is 5.45. The van der Waals surface area contributed by atoms with Crippen molar-refractivity contribution in [3.63, 3.8) is 0 Å². The predicted octanol–water partition coefficient (Wildman–Crippen LogP) is 1.17. The van der Waals surface area contributed by atoms with Gasteiger partial charge in [-0.2, -0.15) is 0 Å². The summed E-state index contributed by atoms with van der Waals surface area (Å²) in [6, 6.07) is 0. The minimum absolute atomic E-state index is 0.137. The van der Waals surface area contributed by atoms with Crippen LogP contribution in [0.4, 0.5) is 0 Å². The molecule has 2 radical (unpaired) electrons. The van der Waals surface area contributed by atoms with E-state index < -0.39 is 0 Å². The maximum atomic E-state index is 8.93. The van der Waals surface area contributed by atoms with Gasteiger partial charge in [-0.15, -0.1) is 0 Å². The van der Waals surface area contributed by atoms with E-state index in [2.05, 4.69) is 0 Å². The number of hydrogen-bond acceptors (Lipinski definition) is 1. The molecule has 0 heterocycles. The highest BCUT2D eigenvalue weighted by molar-refractivity contribution is 5.09. The van der Waals surface area contributed by atoms with E-state index in [-0.39, 0.29) is 6.10 Å². The quantitative estimate of drug-likeness (QED) is 0.496. The third-order valence-corrected chi connectivity index (χ3v) is 1.42. The molecule has 0 amide bonds. The van der Waals surface area contributed by atoms with Gasteiger partial charge in [-0.3, -0.25) is 0 Å². The normalized spacial score (nSPS) is 29.8. The molecule has 0 saturated heterocycles. The fraction of sp³-hybridized carbons (Fsp3) is 0.571. The molecule has 0 saturated carbocycles. The van der Waals surface area contributed by atoms with Crippen LogP contribution in [0.15, 0.2) is 11.6 Å². The van der Waals surface area contributed by atoms with Crippen molar-refractivity contribution >= 4 is 0 Å². The van der Waals surface area contributed by atoms with Crippen molar-refractivity contribution in [2.75, 3.05) is 0 Å². The van der Waals surface area contributed by atoms with Crippen molar-refractivity contribution in [2.45, 2.75) is 25.4 Å². The molecule has 0 spiro atoms. The number of hydrogen-bond donors (Lipinski definition) is 1. The van der Waals surface area contributed by atoms with Crippen LogP contribution in [-0.4, -0.2) is 11.2 Å². The Morgan fingerprint density at radius 1 is 1.75 bits per heavy atom. The van der Waals surface area contributed by atoms with E-state index in [1.165, 1.54) is 0 Å². The van der Waals surface area contributed by atoms with Gasteiger partial charge in [-0.25, -0.2) is 0 Å². The molecule has 1 aliphatic rings. The van der Waals surface area contributed by atoms with Crippen LogP contribution in [0.5, 0.6) is 0 Å². The largest absolute Gasteiger partial charge is 0.393 e. The van der Waals surface area contributed by atoms with Gasteiger partial charge in [-0.1, -0.05) is 11.6 Å². The summed E-state index contributed by atoms with van der Waals surface area (Å²) >= 11 is 0. The zero-order chi connectivity index (χ0) is 5.98. The van der Waals surface area contributed by atoms with Crippen LogP contribution in [0.2, 0.25) is 0 Å². The Labute approximate surface area is 50.0 Å². The fourth-order valence-electron chi connectivity index (χ4n) is 0.841. The Balaban J connectivity index is 2.42. The highest BCUT2D eigenvalue weighted by atomic mass is 16.3. The van der Waals surface area contributed by atoms with Gasteiger partial charge in [0.2, 0.25) is 0 Å². The van der Waals surface area contributed by atoms with E-state index in [0.717, 1.165) is 24.8 Å². The summed E-state index contributed by atoms with van der Waals surface area (Å²) in [5, 5.41) is 8.93. The highest BCUT2D eigenvalue weighted by Crippen LogP contribution is 2.16. The first-order chi connectivity index (χ1) is 3.79. The van der Waals surface area contributed by atoms with Gasteiger partial charge in [0.05, 0.1) is 6.10 Å². The average Bonchev–Trinajstić information content (AvgIpc) is 1.77. The van der Waals surface area contributed by atoms with Crippen LogP contribution in [-0.2, 0) is 0 Å². The summed E-state index contributed by atoms with van der Waals surface area (Å²) < 4.78 is 0. The Morgan fingerprint density at radius 2 is 2.50 bits per heavy atom. The lowest BCUT2D eigenvalue weighted by molar-refractivity contribution is 0.163. The Bertz CT molecular complexity index is 105. The lowest BCUT2D eigenvalue weighted by Crippen LogP contribution is -2.08. The maximum Gasteiger partial charge on any atom is 0.0577 e. The van der Waals surface area contributed by atoms with Gasteiger partial charge >= 0.3 is 0 Å². The number of allylic oxidation sites excluding steroid dienone is 1. The average molecular weight is 110 g/mol. The second-order valence-corrected chi connectivity index (χ2v) is 2.21. The monoisotopic (exact) mass is 110 g/mol. The van der Waals surface area contributed by atoms with Crippen LogP contribution in [0.25, 0.3) is 0 Å². The molecule has 0 fully saturated rings. The lowest BCUT2D eigenvalue weighted by atomic mass is 9.99. The van der Waals surface area contributed by atoms with Crippen molar-refractivity contribution < 1.29 is 5.11 Å². The Kier molecular flexibility index (Phi) is 1.69. The zero-order valence-corrected chi connectivity index (χ0v) is 4.80. The van der Waals surface area contributed by atoms with E-state index in [1.54, 1.807) is 0 Å². The number of aliphatic hydroxyl groups is 1. The van der Waals surface area contributed by atoms with Crippen molar-refractivity contribution in [3.8, 4) is 0 Å². The van der Waals surface area contributed by atoms with E-state index in [9.17, 15) is 0 Å². The lowest BCUT2D eigenvalue weighted by Gasteiger charge is -2.13. The second kappa shape index (κ2) is 2.31. The van der Waals surface area contributed by atoms with Gasteiger partial charge in [0, 0.05) is 0 Å². The molecule has 1 heteroatoms. The Hall–Kier alpha value is -0.300. The molecule has 0 bridgehead atoms. The molecule has 1 aliphatic carbocycles. The highest BCUT2D eigenvalue weighted by Gasteiger charge is 2.07. The zero-order valence-electron chi connectivity index (χ0n) is 4.80. The smallest absolute Gasteiger partial charge is 0.0577 e. The Morgan fingerprint density at radius 3 is 2.88 bits per heavy atom. The van der Waals surface area contributed by atoms with Crippen molar-refractivity contribution in [2.24, 2.45) is 0 Å². The van der Waals surface area contributed by atoms with E-state index in [0.29, 0.717) is 0 Å². The number of rotatable bonds is 0. The molecular formula is C7H10O. The van der Waals surface area contributed by atoms with Crippen LogP contribution in [0.1, 0.15) is 19.3 Å². The van der Waals surface area contributed by atoms with E-state index >= 15 is 0 Å². The van der Waals surface area contributed by atoms with Gasteiger partial charge in [0.1, 0.15) is 0 Å². The molecule has 0 aromatic carbocycles. The molecule has 0 aromatic rings. The van der Waals surface area contributed by atoms with E-state index in [1.807, 2.05) is 6.08 Å². The summed E-state index contributed by atoms with van der Waals surface area (Å²) in [6.07, 6.45) is 4.20. The third kappa shape index (κ3) is 1.34. The molecule has 1 atom stereocenters. The summed E-state index contributed by atoms with van der Waals surface area (Å²) in [5.41, 5.74) is 0.926. The van der Waals surface area contributed by atoms with Gasteiger partial charge in [0.25, 0.3) is 0 Å². The third-order valence-electron chi connectivity index (χ3n) is 1.42. The standard InChI is InChI=1S/C7H10O/c1-6-2-4-7(8)5-3-6/h1-2,7-8H,3-5H2. The summed E-state index contributed by atoms with van der Waals surface area (Å²) in [7, 11) is 0. The molecule has 1 N–H and O–H groups in total. The van der Waals surface area contributed by atoms with E-state index in [4.69, 9.17) is 12.0 Å². The second-order valence-electron chi connectivity index (χ2n) is 2.21. The van der Waals surface area contributed by atoms with Gasteiger partial charge in [0.15, 0.2) is 0 Å². The topological polar surface area (TPSA) is 20.2 Å². The van der Waals surface area contributed by atoms with Crippen LogP contribution < -0.4 is 0 Å². The molecule has 0 aliphatic heterocycles. The summed E-state index contributed by atoms with van der Waals surface area (Å²) in [4.78, 5) is 0. The summed E-state index contributed by atoms with van der Waals surface area (Å²) in [5.74, 6) is 0. The maximum absolute atomic E-state index is 8.93.